The van der Waals surface area contributed by atoms with E-state index in [1.807, 2.05) is 25.3 Å². The number of likely N-dealkylation sites (N-methyl/N-ethyl adjacent to an activating group) is 1. The number of hydrogen-bond donors (Lipinski definition) is 1. The van der Waals surface area contributed by atoms with Crippen LogP contribution in [0, 0.1) is 5.82 Å². The molecular formula is C21H22BrFN2O. The third-order valence-corrected chi connectivity index (χ3v) is 4.30. The van der Waals surface area contributed by atoms with Crippen molar-refractivity contribution in [2.75, 3.05) is 32.0 Å². The SMILES string of the molecule is C=CCN(C)C/C=C/CNc1ccc(C(=O)c2ccc(Br)cc2)c(F)c1. The topological polar surface area (TPSA) is 32.3 Å². The number of halogens is 2. The lowest BCUT2D eigenvalue weighted by molar-refractivity contribution is 0.103. The van der Waals surface area contributed by atoms with Gasteiger partial charge in [0.15, 0.2) is 5.78 Å². The van der Waals surface area contributed by atoms with Gasteiger partial charge in [-0.25, -0.2) is 4.39 Å². The first kappa shape index (κ1) is 20.1. The molecule has 2 aromatic rings. The van der Waals surface area contributed by atoms with Crippen molar-refractivity contribution in [2.24, 2.45) is 0 Å². The molecule has 0 aliphatic rings. The second kappa shape index (κ2) is 10.0. The first-order valence-corrected chi connectivity index (χ1v) is 9.08. The van der Waals surface area contributed by atoms with Gasteiger partial charge in [-0.05, 0) is 49.5 Å². The van der Waals surface area contributed by atoms with Crippen LogP contribution in [0.25, 0.3) is 0 Å². The van der Waals surface area contributed by atoms with E-state index in [0.29, 0.717) is 17.8 Å². The standard InChI is InChI=1S/C21H22BrFN2O/c1-3-13-25(2)14-5-4-12-24-18-10-11-19(20(23)15-18)21(26)16-6-8-17(22)9-7-16/h3-11,15,24H,1,12-14H2,2H3/b5-4+. The Kier molecular flexibility index (Phi) is 7.75. The van der Waals surface area contributed by atoms with Gasteiger partial charge in [0.05, 0.1) is 5.56 Å². The lowest BCUT2D eigenvalue weighted by Gasteiger charge is -2.10. The Morgan fingerprint density at radius 2 is 1.92 bits per heavy atom. The highest BCUT2D eigenvalue weighted by atomic mass is 79.9. The molecule has 0 bridgehead atoms. The molecule has 0 aliphatic heterocycles. The van der Waals surface area contributed by atoms with Crippen LogP contribution in [0.3, 0.4) is 0 Å². The monoisotopic (exact) mass is 416 g/mol. The van der Waals surface area contributed by atoms with Gasteiger partial charge in [-0.1, -0.05) is 34.2 Å². The summed E-state index contributed by atoms with van der Waals surface area (Å²) in [5, 5.41) is 3.12. The number of ketones is 1. The largest absolute Gasteiger partial charge is 0.381 e. The van der Waals surface area contributed by atoms with E-state index in [1.54, 1.807) is 30.3 Å². The molecule has 0 saturated carbocycles. The summed E-state index contributed by atoms with van der Waals surface area (Å²) in [7, 11) is 2.01. The van der Waals surface area contributed by atoms with E-state index in [0.717, 1.165) is 17.6 Å². The van der Waals surface area contributed by atoms with Gasteiger partial charge >= 0.3 is 0 Å². The Labute approximate surface area is 162 Å². The molecular weight excluding hydrogens is 395 g/mol. The normalized spacial score (nSPS) is 11.1. The Morgan fingerprint density at radius 3 is 2.58 bits per heavy atom. The van der Waals surface area contributed by atoms with Crippen LogP contribution in [0.5, 0.6) is 0 Å². The molecule has 0 saturated heterocycles. The lowest BCUT2D eigenvalue weighted by Crippen LogP contribution is -2.17. The Balaban J connectivity index is 1.94. The molecule has 0 heterocycles. The van der Waals surface area contributed by atoms with Crippen molar-refractivity contribution in [3.8, 4) is 0 Å². The zero-order valence-corrected chi connectivity index (χ0v) is 16.3. The molecule has 0 spiro atoms. The van der Waals surface area contributed by atoms with Crippen LogP contribution in [0.2, 0.25) is 0 Å². The molecule has 0 aromatic heterocycles. The Morgan fingerprint density at radius 1 is 1.19 bits per heavy atom. The van der Waals surface area contributed by atoms with Crippen molar-refractivity contribution in [3.05, 3.63) is 88.7 Å². The van der Waals surface area contributed by atoms with Crippen LogP contribution in [0.1, 0.15) is 15.9 Å². The van der Waals surface area contributed by atoms with Crippen LogP contribution in [0.4, 0.5) is 10.1 Å². The number of hydrogen-bond acceptors (Lipinski definition) is 3. The van der Waals surface area contributed by atoms with Crippen molar-refractivity contribution < 1.29 is 9.18 Å². The molecule has 1 N–H and O–H groups in total. The Hall–Kier alpha value is -2.24. The van der Waals surface area contributed by atoms with E-state index in [4.69, 9.17) is 0 Å². The minimum atomic E-state index is -0.530. The lowest BCUT2D eigenvalue weighted by atomic mass is 10.0. The van der Waals surface area contributed by atoms with Crippen LogP contribution in [-0.2, 0) is 0 Å². The molecule has 5 heteroatoms. The highest BCUT2D eigenvalue weighted by molar-refractivity contribution is 9.10. The van der Waals surface area contributed by atoms with Gasteiger partial charge < -0.3 is 5.32 Å². The number of nitrogens with one attached hydrogen (secondary N) is 1. The van der Waals surface area contributed by atoms with Gasteiger partial charge in [0, 0.05) is 35.4 Å². The van der Waals surface area contributed by atoms with E-state index in [1.165, 1.54) is 12.1 Å². The van der Waals surface area contributed by atoms with E-state index in [-0.39, 0.29) is 11.3 Å². The maximum Gasteiger partial charge on any atom is 0.195 e. The zero-order chi connectivity index (χ0) is 18.9. The predicted molar refractivity (Wildman–Crippen MR) is 109 cm³/mol. The highest BCUT2D eigenvalue weighted by Gasteiger charge is 2.14. The van der Waals surface area contributed by atoms with Gasteiger partial charge in [-0.3, -0.25) is 9.69 Å². The maximum absolute atomic E-state index is 14.3. The molecule has 0 atom stereocenters. The molecule has 0 unspecified atom stereocenters. The summed E-state index contributed by atoms with van der Waals surface area (Å²) in [5.41, 5.74) is 1.16. The number of benzene rings is 2. The van der Waals surface area contributed by atoms with Gasteiger partial charge in [0.25, 0.3) is 0 Å². The Bertz CT molecular complexity index is 787. The van der Waals surface area contributed by atoms with Crippen molar-refractivity contribution in [1.29, 1.82) is 0 Å². The molecule has 0 amide bonds. The number of carbonyl (C=O) groups is 1. The molecule has 26 heavy (non-hydrogen) atoms. The highest BCUT2D eigenvalue weighted by Crippen LogP contribution is 2.19. The van der Waals surface area contributed by atoms with Crippen molar-refractivity contribution in [2.45, 2.75) is 0 Å². The summed E-state index contributed by atoms with van der Waals surface area (Å²) in [6, 6.07) is 11.5. The molecule has 3 nitrogen and oxygen atoms in total. The van der Waals surface area contributed by atoms with Crippen LogP contribution in [0.15, 0.2) is 71.7 Å². The predicted octanol–water partition coefficient (Wildman–Crippen LogP) is 4.91. The summed E-state index contributed by atoms with van der Waals surface area (Å²) in [5.74, 6) is -0.857. The minimum Gasteiger partial charge on any atom is -0.381 e. The molecule has 0 fully saturated rings. The van der Waals surface area contributed by atoms with Crippen LogP contribution < -0.4 is 5.32 Å². The van der Waals surface area contributed by atoms with Crippen molar-refractivity contribution >= 4 is 27.4 Å². The van der Waals surface area contributed by atoms with Crippen LogP contribution >= 0.6 is 15.9 Å². The van der Waals surface area contributed by atoms with E-state index < -0.39 is 5.82 Å². The fraction of sp³-hybridized carbons (Fsp3) is 0.190. The minimum absolute atomic E-state index is 0.0689. The van der Waals surface area contributed by atoms with Crippen LogP contribution in [-0.4, -0.2) is 37.4 Å². The zero-order valence-electron chi connectivity index (χ0n) is 14.7. The molecule has 0 aliphatic carbocycles. The summed E-state index contributed by atoms with van der Waals surface area (Å²) in [4.78, 5) is 14.5. The summed E-state index contributed by atoms with van der Waals surface area (Å²) in [6.07, 6.45) is 5.88. The quantitative estimate of drug-likeness (QED) is 0.465. The molecule has 136 valence electrons. The number of nitrogens with zero attached hydrogens (tertiary/aromatic N) is 1. The van der Waals surface area contributed by atoms with Crippen molar-refractivity contribution in [1.82, 2.24) is 4.90 Å². The van der Waals surface area contributed by atoms with Gasteiger partial charge in [-0.2, -0.15) is 0 Å². The molecule has 2 rings (SSSR count). The average molecular weight is 417 g/mol. The van der Waals surface area contributed by atoms with Gasteiger partial charge in [0.1, 0.15) is 5.82 Å². The number of rotatable bonds is 9. The van der Waals surface area contributed by atoms with Gasteiger partial charge in [0.2, 0.25) is 0 Å². The van der Waals surface area contributed by atoms with E-state index in [2.05, 4.69) is 32.7 Å². The summed E-state index contributed by atoms with van der Waals surface area (Å²) >= 11 is 3.32. The first-order chi connectivity index (χ1) is 12.5. The van der Waals surface area contributed by atoms with E-state index >= 15 is 0 Å². The third kappa shape index (κ3) is 5.93. The second-order valence-corrected chi connectivity index (χ2v) is 6.81. The molecule has 2 aromatic carbocycles. The first-order valence-electron chi connectivity index (χ1n) is 8.29. The van der Waals surface area contributed by atoms with E-state index in [9.17, 15) is 9.18 Å². The maximum atomic E-state index is 14.3. The third-order valence-electron chi connectivity index (χ3n) is 3.77. The average Bonchev–Trinajstić information content (AvgIpc) is 2.62. The summed E-state index contributed by atoms with van der Waals surface area (Å²) < 4.78 is 15.2. The fourth-order valence-corrected chi connectivity index (χ4v) is 2.64. The number of carbonyl (C=O) groups excluding carboxylic acids is 1. The van der Waals surface area contributed by atoms with Gasteiger partial charge in [-0.15, -0.1) is 6.58 Å². The molecule has 0 radical (unpaired) electrons. The van der Waals surface area contributed by atoms with Crippen molar-refractivity contribution in [3.63, 3.8) is 0 Å². The number of anilines is 1. The summed E-state index contributed by atoms with van der Waals surface area (Å²) in [6.45, 7) is 5.93. The second-order valence-electron chi connectivity index (χ2n) is 5.89. The smallest absolute Gasteiger partial charge is 0.195 e. The fourth-order valence-electron chi connectivity index (χ4n) is 2.38.